The van der Waals surface area contributed by atoms with E-state index in [1.54, 1.807) is 6.07 Å². The van der Waals surface area contributed by atoms with Gasteiger partial charge >= 0.3 is 0 Å². The number of rotatable bonds is 6. The molecule has 2 nitrogen and oxygen atoms in total. The smallest absolute Gasteiger partial charge is 0.147 e. The summed E-state index contributed by atoms with van der Waals surface area (Å²) in [7, 11) is 0. The Hall–Kier alpha value is -1.22. The molecule has 4 heteroatoms. The number of benzene rings is 2. The minimum Gasteiger partial charge on any atom is -0.455 e. The maximum atomic E-state index is 6.17. The third-order valence-electron chi connectivity index (χ3n) is 3.14. The van der Waals surface area contributed by atoms with E-state index in [-0.39, 0.29) is 0 Å². The Morgan fingerprint density at radius 1 is 1.10 bits per heavy atom. The van der Waals surface area contributed by atoms with Crippen molar-refractivity contribution >= 4 is 23.2 Å². The van der Waals surface area contributed by atoms with Gasteiger partial charge in [-0.05, 0) is 49.2 Å². The first-order valence-corrected chi connectivity index (χ1v) is 7.79. The second-order valence-corrected chi connectivity index (χ2v) is 5.72. The molecule has 0 radical (unpaired) electrons. The standard InChI is InChI=1S/C17H19Cl2NO/c1-3-9-20-11-13-8-7-12(2)16(10-13)21-15-6-4-5-14(18)17(15)19/h4-8,10,20H,3,9,11H2,1-2H3. The van der Waals surface area contributed by atoms with Crippen molar-refractivity contribution in [1.29, 1.82) is 0 Å². The molecule has 0 spiro atoms. The van der Waals surface area contributed by atoms with Gasteiger partial charge in [-0.25, -0.2) is 0 Å². The zero-order valence-corrected chi connectivity index (χ0v) is 13.8. The van der Waals surface area contributed by atoms with Crippen molar-refractivity contribution in [2.24, 2.45) is 0 Å². The maximum Gasteiger partial charge on any atom is 0.147 e. The van der Waals surface area contributed by atoms with Crippen LogP contribution < -0.4 is 10.1 Å². The number of aryl methyl sites for hydroxylation is 1. The van der Waals surface area contributed by atoms with Gasteiger partial charge in [0.1, 0.15) is 16.5 Å². The fraction of sp³-hybridized carbons (Fsp3) is 0.294. The highest BCUT2D eigenvalue weighted by molar-refractivity contribution is 6.42. The second-order valence-electron chi connectivity index (χ2n) is 4.93. The van der Waals surface area contributed by atoms with Crippen LogP contribution in [0, 0.1) is 6.92 Å². The topological polar surface area (TPSA) is 21.3 Å². The lowest BCUT2D eigenvalue weighted by molar-refractivity contribution is 0.478. The molecule has 0 saturated heterocycles. The molecule has 0 unspecified atom stereocenters. The number of halogens is 2. The molecule has 21 heavy (non-hydrogen) atoms. The summed E-state index contributed by atoms with van der Waals surface area (Å²) in [6.45, 7) is 5.99. The molecular weight excluding hydrogens is 305 g/mol. The number of ether oxygens (including phenoxy) is 1. The summed E-state index contributed by atoms with van der Waals surface area (Å²) in [5, 5.41) is 4.31. The molecule has 112 valence electrons. The van der Waals surface area contributed by atoms with Gasteiger partial charge in [0, 0.05) is 6.54 Å². The lowest BCUT2D eigenvalue weighted by Crippen LogP contribution is -2.13. The number of nitrogens with one attached hydrogen (secondary N) is 1. The zero-order chi connectivity index (χ0) is 15.2. The van der Waals surface area contributed by atoms with Crippen molar-refractivity contribution in [3.05, 3.63) is 57.6 Å². The molecule has 0 aliphatic rings. The first-order chi connectivity index (χ1) is 10.1. The van der Waals surface area contributed by atoms with Gasteiger partial charge in [-0.2, -0.15) is 0 Å². The molecule has 2 aromatic carbocycles. The summed E-state index contributed by atoms with van der Waals surface area (Å²) < 4.78 is 5.92. The molecule has 0 fully saturated rings. The molecule has 0 aromatic heterocycles. The van der Waals surface area contributed by atoms with E-state index >= 15 is 0 Å². The van der Waals surface area contributed by atoms with Crippen molar-refractivity contribution < 1.29 is 4.74 Å². The van der Waals surface area contributed by atoms with E-state index in [1.807, 2.05) is 25.1 Å². The van der Waals surface area contributed by atoms with Crippen LogP contribution in [0.3, 0.4) is 0 Å². The van der Waals surface area contributed by atoms with E-state index in [9.17, 15) is 0 Å². The van der Waals surface area contributed by atoms with Crippen LogP contribution in [0.4, 0.5) is 0 Å². The highest BCUT2D eigenvalue weighted by Crippen LogP contribution is 2.35. The van der Waals surface area contributed by atoms with E-state index in [2.05, 4.69) is 24.4 Å². The van der Waals surface area contributed by atoms with Crippen LogP contribution in [0.15, 0.2) is 36.4 Å². The average molecular weight is 324 g/mol. The maximum absolute atomic E-state index is 6.17. The summed E-state index contributed by atoms with van der Waals surface area (Å²) in [4.78, 5) is 0. The van der Waals surface area contributed by atoms with Crippen LogP contribution in [0.25, 0.3) is 0 Å². The minimum atomic E-state index is 0.438. The van der Waals surface area contributed by atoms with Gasteiger partial charge in [0.15, 0.2) is 0 Å². The minimum absolute atomic E-state index is 0.438. The fourth-order valence-corrected chi connectivity index (χ4v) is 2.29. The molecule has 2 rings (SSSR count). The van der Waals surface area contributed by atoms with Gasteiger partial charge in [-0.15, -0.1) is 0 Å². The van der Waals surface area contributed by atoms with Crippen molar-refractivity contribution in [3.8, 4) is 11.5 Å². The molecular formula is C17H19Cl2NO. The Morgan fingerprint density at radius 3 is 2.67 bits per heavy atom. The first-order valence-electron chi connectivity index (χ1n) is 7.04. The molecule has 0 amide bonds. The zero-order valence-electron chi connectivity index (χ0n) is 12.2. The highest BCUT2D eigenvalue weighted by atomic mass is 35.5. The molecule has 0 saturated carbocycles. The van der Waals surface area contributed by atoms with Gasteiger partial charge in [0.2, 0.25) is 0 Å². The third kappa shape index (κ3) is 4.37. The van der Waals surface area contributed by atoms with Gasteiger partial charge in [0.25, 0.3) is 0 Å². The van der Waals surface area contributed by atoms with Gasteiger partial charge < -0.3 is 10.1 Å². The molecule has 0 heterocycles. The summed E-state index contributed by atoms with van der Waals surface area (Å²) in [6, 6.07) is 11.6. The number of hydrogen-bond acceptors (Lipinski definition) is 2. The predicted molar refractivity (Wildman–Crippen MR) is 89.7 cm³/mol. The van der Waals surface area contributed by atoms with Crippen molar-refractivity contribution in [3.63, 3.8) is 0 Å². The monoisotopic (exact) mass is 323 g/mol. The van der Waals surface area contributed by atoms with Crippen molar-refractivity contribution in [2.45, 2.75) is 26.8 Å². The SMILES string of the molecule is CCCNCc1ccc(C)c(Oc2cccc(Cl)c2Cl)c1. The van der Waals surface area contributed by atoms with E-state index in [0.29, 0.717) is 15.8 Å². The molecule has 0 aliphatic carbocycles. The average Bonchev–Trinajstić information content (AvgIpc) is 2.47. The Kier molecular flexibility index (Phi) is 5.92. The Balaban J connectivity index is 2.18. The van der Waals surface area contributed by atoms with Gasteiger partial charge in [-0.1, -0.05) is 48.3 Å². The predicted octanol–water partition coefficient (Wildman–Crippen LogP) is 5.59. The van der Waals surface area contributed by atoms with Crippen LogP contribution in [-0.2, 0) is 6.54 Å². The molecule has 2 aromatic rings. The van der Waals surface area contributed by atoms with Crippen LogP contribution in [0.5, 0.6) is 11.5 Å². The fourth-order valence-electron chi connectivity index (χ4n) is 1.96. The molecule has 0 bridgehead atoms. The second kappa shape index (κ2) is 7.69. The highest BCUT2D eigenvalue weighted by Gasteiger charge is 2.09. The summed E-state index contributed by atoms with van der Waals surface area (Å²) in [5.74, 6) is 1.38. The van der Waals surface area contributed by atoms with E-state index in [1.165, 1.54) is 5.56 Å². The number of hydrogen-bond donors (Lipinski definition) is 1. The van der Waals surface area contributed by atoms with Crippen LogP contribution in [0.2, 0.25) is 10.0 Å². The lowest BCUT2D eigenvalue weighted by atomic mass is 10.1. The first kappa shape index (κ1) is 16.2. The van der Waals surface area contributed by atoms with Crippen LogP contribution in [-0.4, -0.2) is 6.54 Å². The molecule has 0 aliphatic heterocycles. The largest absolute Gasteiger partial charge is 0.455 e. The van der Waals surface area contributed by atoms with Crippen LogP contribution >= 0.6 is 23.2 Å². The Bertz CT molecular complexity index is 614. The van der Waals surface area contributed by atoms with Gasteiger partial charge in [0.05, 0.1) is 5.02 Å². The van der Waals surface area contributed by atoms with E-state index in [0.717, 1.165) is 30.8 Å². The van der Waals surface area contributed by atoms with E-state index < -0.39 is 0 Å². The Labute approximate surface area is 136 Å². The summed E-state index contributed by atoms with van der Waals surface area (Å²) >= 11 is 12.2. The Morgan fingerprint density at radius 2 is 1.90 bits per heavy atom. The van der Waals surface area contributed by atoms with Crippen molar-refractivity contribution in [2.75, 3.05) is 6.54 Å². The third-order valence-corrected chi connectivity index (χ3v) is 3.95. The van der Waals surface area contributed by atoms with E-state index in [4.69, 9.17) is 27.9 Å². The van der Waals surface area contributed by atoms with Crippen molar-refractivity contribution in [1.82, 2.24) is 5.32 Å². The molecule has 0 atom stereocenters. The summed E-state index contributed by atoms with van der Waals surface area (Å²) in [5.41, 5.74) is 2.24. The lowest BCUT2D eigenvalue weighted by Gasteiger charge is -2.12. The normalized spacial score (nSPS) is 10.7. The van der Waals surface area contributed by atoms with Gasteiger partial charge in [-0.3, -0.25) is 0 Å². The summed E-state index contributed by atoms with van der Waals surface area (Å²) in [6.07, 6.45) is 1.12. The molecule has 1 N–H and O–H groups in total. The van der Waals surface area contributed by atoms with Crippen LogP contribution in [0.1, 0.15) is 24.5 Å². The quantitative estimate of drug-likeness (QED) is 0.699.